The van der Waals surface area contributed by atoms with Gasteiger partial charge in [-0.15, -0.1) is 0 Å². The zero-order valence-corrected chi connectivity index (χ0v) is 12.5. The molecule has 0 aliphatic heterocycles. The van der Waals surface area contributed by atoms with Crippen LogP contribution in [0.4, 0.5) is 0 Å². The SMILES string of the molecule is CCCCCCCC(CCCCCCC)OC=O. The molecule has 0 aromatic heterocycles. The van der Waals surface area contributed by atoms with E-state index in [-0.39, 0.29) is 6.10 Å². The van der Waals surface area contributed by atoms with E-state index in [1.54, 1.807) is 0 Å². The van der Waals surface area contributed by atoms with Crippen molar-refractivity contribution in [3.63, 3.8) is 0 Å². The van der Waals surface area contributed by atoms with Gasteiger partial charge < -0.3 is 4.74 Å². The van der Waals surface area contributed by atoms with Crippen LogP contribution in [0.25, 0.3) is 0 Å². The highest BCUT2D eigenvalue weighted by atomic mass is 16.5. The second-order valence-electron chi connectivity index (χ2n) is 5.26. The summed E-state index contributed by atoms with van der Waals surface area (Å²) < 4.78 is 5.17. The van der Waals surface area contributed by atoms with E-state index in [1.807, 2.05) is 0 Å². The Morgan fingerprint density at radius 1 is 0.778 bits per heavy atom. The first-order valence-corrected chi connectivity index (χ1v) is 7.94. The predicted molar refractivity (Wildman–Crippen MR) is 77.7 cm³/mol. The topological polar surface area (TPSA) is 26.3 Å². The number of hydrogen-bond donors (Lipinski definition) is 0. The van der Waals surface area contributed by atoms with E-state index < -0.39 is 0 Å². The van der Waals surface area contributed by atoms with Crippen LogP contribution in [-0.2, 0) is 9.53 Å². The van der Waals surface area contributed by atoms with Crippen molar-refractivity contribution in [2.24, 2.45) is 0 Å². The van der Waals surface area contributed by atoms with E-state index in [9.17, 15) is 4.79 Å². The van der Waals surface area contributed by atoms with Gasteiger partial charge in [0.15, 0.2) is 0 Å². The smallest absolute Gasteiger partial charge is 0.293 e. The fourth-order valence-corrected chi connectivity index (χ4v) is 2.31. The molecule has 0 atom stereocenters. The summed E-state index contributed by atoms with van der Waals surface area (Å²) in [5.74, 6) is 0. The number of ether oxygens (including phenoxy) is 1. The fourth-order valence-electron chi connectivity index (χ4n) is 2.31. The summed E-state index contributed by atoms with van der Waals surface area (Å²) >= 11 is 0. The van der Waals surface area contributed by atoms with Crippen LogP contribution in [0.1, 0.15) is 90.9 Å². The van der Waals surface area contributed by atoms with Crippen molar-refractivity contribution in [2.45, 2.75) is 97.0 Å². The standard InChI is InChI=1S/C16H32O2/c1-3-5-7-9-11-13-16(18-15-17)14-12-10-8-6-4-2/h15-16H,3-14H2,1-2H3. The molecule has 0 bridgehead atoms. The number of unbranched alkanes of at least 4 members (excludes halogenated alkanes) is 8. The van der Waals surface area contributed by atoms with Gasteiger partial charge in [-0.3, -0.25) is 4.79 Å². The number of rotatable bonds is 14. The van der Waals surface area contributed by atoms with Gasteiger partial charge in [-0.25, -0.2) is 0 Å². The van der Waals surface area contributed by atoms with Crippen LogP contribution in [0, 0.1) is 0 Å². The highest BCUT2D eigenvalue weighted by molar-refractivity contribution is 5.37. The van der Waals surface area contributed by atoms with E-state index in [0.717, 1.165) is 12.8 Å². The first kappa shape index (κ1) is 17.5. The van der Waals surface area contributed by atoms with Crippen molar-refractivity contribution in [1.29, 1.82) is 0 Å². The summed E-state index contributed by atoms with van der Waals surface area (Å²) in [6, 6.07) is 0. The Labute approximate surface area is 113 Å². The van der Waals surface area contributed by atoms with Crippen molar-refractivity contribution in [2.75, 3.05) is 0 Å². The highest BCUT2D eigenvalue weighted by Crippen LogP contribution is 2.15. The second-order valence-corrected chi connectivity index (χ2v) is 5.26. The van der Waals surface area contributed by atoms with Crippen molar-refractivity contribution in [3.8, 4) is 0 Å². The fraction of sp³-hybridized carbons (Fsp3) is 0.938. The lowest BCUT2D eigenvalue weighted by Gasteiger charge is -2.14. The van der Waals surface area contributed by atoms with Crippen LogP contribution in [0.3, 0.4) is 0 Å². The monoisotopic (exact) mass is 256 g/mol. The summed E-state index contributed by atoms with van der Waals surface area (Å²) in [5, 5.41) is 0. The Hall–Kier alpha value is -0.530. The number of carbonyl (C=O) groups is 1. The first-order valence-electron chi connectivity index (χ1n) is 7.94. The van der Waals surface area contributed by atoms with Gasteiger partial charge in [0.2, 0.25) is 0 Å². The number of hydrogen-bond acceptors (Lipinski definition) is 2. The highest BCUT2D eigenvalue weighted by Gasteiger charge is 2.08. The molecule has 0 aromatic carbocycles. The molecule has 108 valence electrons. The third-order valence-electron chi connectivity index (χ3n) is 3.51. The summed E-state index contributed by atoms with van der Waals surface area (Å²) in [4.78, 5) is 10.5. The van der Waals surface area contributed by atoms with Gasteiger partial charge in [0, 0.05) is 0 Å². The second kappa shape index (κ2) is 14.5. The van der Waals surface area contributed by atoms with Gasteiger partial charge in [0.25, 0.3) is 6.47 Å². The Balaban J connectivity index is 3.48. The molecule has 0 aromatic rings. The maximum Gasteiger partial charge on any atom is 0.293 e. The molecule has 0 aliphatic carbocycles. The molecule has 2 heteroatoms. The minimum atomic E-state index is 0.172. The Morgan fingerprint density at radius 3 is 1.61 bits per heavy atom. The van der Waals surface area contributed by atoms with E-state index in [0.29, 0.717) is 6.47 Å². The summed E-state index contributed by atoms with van der Waals surface area (Å²) in [7, 11) is 0. The maximum absolute atomic E-state index is 10.5. The average Bonchev–Trinajstić information content (AvgIpc) is 2.38. The van der Waals surface area contributed by atoms with Crippen LogP contribution < -0.4 is 0 Å². The quantitative estimate of drug-likeness (QED) is 0.313. The summed E-state index contributed by atoms with van der Waals surface area (Å²) in [6.07, 6.45) is 15.1. The van der Waals surface area contributed by atoms with E-state index >= 15 is 0 Å². The molecule has 0 heterocycles. The largest absolute Gasteiger partial charge is 0.465 e. The molecule has 0 radical (unpaired) electrons. The average molecular weight is 256 g/mol. The summed E-state index contributed by atoms with van der Waals surface area (Å²) in [6.45, 7) is 5.09. The van der Waals surface area contributed by atoms with Gasteiger partial charge in [-0.05, 0) is 25.7 Å². The third kappa shape index (κ3) is 11.9. The molecule has 0 unspecified atom stereocenters. The third-order valence-corrected chi connectivity index (χ3v) is 3.51. The molecular formula is C16H32O2. The Kier molecular flexibility index (Phi) is 14.1. The van der Waals surface area contributed by atoms with E-state index in [1.165, 1.54) is 64.2 Å². The lowest BCUT2D eigenvalue weighted by atomic mass is 10.0. The van der Waals surface area contributed by atoms with Gasteiger partial charge in [-0.2, -0.15) is 0 Å². The molecule has 0 amide bonds. The lowest BCUT2D eigenvalue weighted by molar-refractivity contribution is -0.134. The van der Waals surface area contributed by atoms with Gasteiger partial charge >= 0.3 is 0 Å². The zero-order valence-electron chi connectivity index (χ0n) is 12.5. The van der Waals surface area contributed by atoms with Crippen LogP contribution in [-0.4, -0.2) is 12.6 Å². The molecule has 0 spiro atoms. The van der Waals surface area contributed by atoms with Crippen molar-refractivity contribution in [1.82, 2.24) is 0 Å². The normalized spacial score (nSPS) is 10.8. The molecular weight excluding hydrogens is 224 g/mol. The van der Waals surface area contributed by atoms with Gasteiger partial charge in [-0.1, -0.05) is 65.2 Å². The lowest BCUT2D eigenvalue weighted by Crippen LogP contribution is -2.12. The number of carbonyl (C=O) groups excluding carboxylic acids is 1. The molecule has 18 heavy (non-hydrogen) atoms. The molecule has 0 saturated carbocycles. The van der Waals surface area contributed by atoms with Crippen LogP contribution >= 0.6 is 0 Å². The van der Waals surface area contributed by atoms with E-state index in [2.05, 4.69) is 13.8 Å². The van der Waals surface area contributed by atoms with Crippen molar-refractivity contribution < 1.29 is 9.53 Å². The minimum absolute atomic E-state index is 0.172. The predicted octanol–water partition coefficient (Wildman–Crippen LogP) is 5.25. The molecule has 2 nitrogen and oxygen atoms in total. The van der Waals surface area contributed by atoms with Gasteiger partial charge in [0.05, 0.1) is 0 Å². The maximum atomic E-state index is 10.5. The molecule has 0 fully saturated rings. The van der Waals surface area contributed by atoms with Crippen LogP contribution in [0.15, 0.2) is 0 Å². The Morgan fingerprint density at radius 2 is 1.22 bits per heavy atom. The minimum Gasteiger partial charge on any atom is -0.465 e. The van der Waals surface area contributed by atoms with Gasteiger partial charge in [0.1, 0.15) is 6.10 Å². The molecule has 0 aliphatic rings. The van der Waals surface area contributed by atoms with Crippen LogP contribution in [0.2, 0.25) is 0 Å². The molecule has 0 rings (SSSR count). The van der Waals surface area contributed by atoms with Crippen LogP contribution in [0.5, 0.6) is 0 Å². The first-order chi connectivity index (χ1) is 8.85. The molecule has 0 N–H and O–H groups in total. The zero-order chi connectivity index (χ0) is 13.5. The van der Waals surface area contributed by atoms with Crippen molar-refractivity contribution >= 4 is 6.47 Å². The Bertz CT molecular complexity index is 154. The van der Waals surface area contributed by atoms with Crippen molar-refractivity contribution in [3.05, 3.63) is 0 Å². The molecule has 0 saturated heterocycles. The summed E-state index contributed by atoms with van der Waals surface area (Å²) in [5.41, 5.74) is 0. The van der Waals surface area contributed by atoms with E-state index in [4.69, 9.17) is 4.74 Å².